The Bertz CT molecular complexity index is 1180. The van der Waals surface area contributed by atoms with E-state index in [2.05, 4.69) is 36.1 Å². The fraction of sp³-hybridized carbons (Fsp3) is 0.240. The average Bonchev–Trinajstić information content (AvgIpc) is 3.35. The van der Waals surface area contributed by atoms with Crippen LogP contribution in [0.25, 0.3) is 6.08 Å². The van der Waals surface area contributed by atoms with Gasteiger partial charge in [0.25, 0.3) is 5.91 Å². The molecule has 0 bridgehead atoms. The molecule has 1 aromatic heterocycles. The minimum Gasteiger partial charge on any atom is -0.497 e. The molecule has 3 aromatic rings. The highest BCUT2D eigenvalue weighted by molar-refractivity contribution is 8.13. The number of benzene rings is 2. The van der Waals surface area contributed by atoms with Gasteiger partial charge in [-0.05, 0) is 42.2 Å². The molecule has 1 amide bonds. The Morgan fingerprint density at radius 3 is 2.59 bits per heavy atom. The summed E-state index contributed by atoms with van der Waals surface area (Å²) < 4.78 is 10.5. The van der Waals surface area contributed by atoms with Crippen LogP contribution < -0.4 is 9.64 Å². The van der Waals surface area contributed by atoms with Crippen molar-refractivity contribution in [1.82, 2.24) is 5.16 Å². The van der Waals surface area contributed by atoms with Gasteiger partial charge in [-0.25, -0.2) is 4.99 Å². The Morgan fingerprint density at radius 2 is 1.94 bits per heavy atom. The predicted octanol–water partition coefficient (Wildman–Crippen LogP) is 5.79. The Labute approximate surface area is 192 Å². The summed E-state index contributed by atoms with van der Waals surface area (Å²) in [4.78, 5) is 19.7. The number of nitrogens with zero attached hydrogens (tertiary/aromatic N) is 3. The number of methoxy groups -OCH3 is 1. The molecule has 0 saturated heterocycles. The number of carbonyl (C=O) groups is 1. The van der Waals surface area contributed by atoms with E-state index in [0.717, 1.165) is 17.0 Å². The average molecular weight is 448 g/mol. The Morgan fingerprint density at radius 1 is 1.16 bits per heavy atom. The van der Waals surface area contributed by atoms with E-state index in [0.29, 0.717) is 34.0 Å². The minimum absolute atomic E-state index is 0.176. The molecule has 164 valence electrons. The van der Waals surface area contributed by atoms with Crippen LogP contribution in [0.15, 0.2) is 69.8 Å². The number of aromatic nitrogens is 1. The Balaban J connectivity index is 1.66. The molecule has 0 aliphatic carbocycles. The van der Waals surface area contributed by atoms with Crippen molar-refractivity contribution < 1.29 is 14.1 Å². The lowest BCUT2D eigenvalue weighted by Crippen LogP contribution is -2.30. The molecular weight excluding hydrogens is 422 g/mol. The van der Waals surface area contributed by atoms with Gasteiger partial charge in [-0.2, -0.15) is 0 Å². The van der Waals surface area contributed by atoms with Crippen LogP contribution in [0.4, 0.5) is 5.69 Å². The summed E-state index contributed by atoms with van der Waals surface area (Å²) in [6.45, 7) is 6.17. The number of carbonyl (C=O) groups excluding carboxylic acids is 1. The van der Waals surface area contributed by atoms with Gasteiger partial charge < -0.3 is 9.26 Å². The highest BCUT2D eigenvalue weighted by Crippen LogP contribution is 2.32. The van der Waals surface area contributed by atoms with Gasteiger partial charge in [0.1, 0.15) is 17.2 Å². The first-order chi connectivity index (χ1) is 15.4. The lowest BCUT2D eigenvalue weighted by Gasteiger charge is -2.18. The van der Waals surface area contributed by atoms with Crippen LogP contribution >= 0.6 is 11.8 Å². The maximum atomic E-state index is 13.4. The van der Waals surface area contributed by atoms with Crippen LogP contribution in [0.3, 0.4) is 0 Å². The summed E-state index contributed by atoms with van der Waals surface area (Å²) in [5.41, 5.74) is 4.09. The van der Waals surface area contributed by atoms with Crippen molar-refractivity contribution in [1.29, 1.82) is 0 Å². The standard InChI is InChI=1S/C25H25N3O3S/c1-16(2)19-10-8-18(9-11-19)13-23-24(29)28(21-6-5-7-22(14-21)30-4)25(26-23)32-15-20-12-17(3)31-27-20/h5-14,16H,15H2,1-4H3. The quantitative estimate of drug-likeness (QED) is 0.447. The van der Waals surface area contributed by atoms with Gasteiger partial charge in [0, 0.05) is 17.9 Å². The van der Waals surface area contributed by atoms with E-state index < -0.39 is 0 Å². The van der Waals surface area contributed by atoms with Crippen LogP contribution in [0.1, 0.15) is 42.3 Å². The SMILES string of the molecule is COc1cccc(N2C(=O)C(=Cc3ccc(C(C)C)cc3)N=C2SCc2cc(C)on2)c1. The van der Waals surface area contributed by atoms with E-state index in [-0.39, 0.29) is 5.91 Å². The van der Waals surface area contributed by atoms with E-state index in [9.17, 15) is 4.79 Å². The highest BCUT2D eigenvalue weighted by Gasteiger charge is 2.32. The van der Waals surface area contributed by atoms with E-state index in [4.69, 9.17) is 9.26 Å². The molecule has 0 atom stereocenters. The maximum absolute atomic E-state index is 13.4. The third-order valence-electron chi connectivity index (χ3n) is 5.07. The van der Waals surface area contributed by atoms with Gasteiger partial charge in [0.15, 0.2) is 5.17 Å². The normalized spacial score (nSPS) is 15.0. The predicted molar refractivity (Wildman–Crippen MR) is 129 cm³/mol. The first-order valence-electron chi connectivity index (χ1n) is 10.4. The van der Waals surface area contributed by atoms with Gasteiger partial charge >= 0.3 is 0 Å². The van der Waals surface area contributed by atoms with Crippen LogP contribution in [0, 0.1) is 6.92 Å². The monoisotopic (exact) mass is 447 g/mol. The number of aliphatic imine (C=N–C) groups is 1. The summed E-state index contributed by atoms with van der Waals surface area (Å²) in [6, 6.07) is 17.5. The number of aryl methyl sites for hydroxylation is 1. The second-order valence-corrected chi connectivity index (χ2v) is 8.75. The summed E-state index contributed by atoms with van der Waals surface area (Å²) in [7, 11) is 1.60. The molecule has 0 N–H and O–H groups in total. The molecule has 0 unspecified atom stereocenters. The van der Waals surface area contributed by atoms with Crippen LogP contribution in [-0.4, -0.2) is 23.3 Å². The molecule has 1 aliphatic heterocycles. The van der Waals surface area contributed by atoms with Gasteiger partial charge in [0.05, 0.1) is 18.5 Å². The molecule has 2 heterocycles. The van der Waals surface area contributed by atoms with Crippen LogP contribution in [-0.2, 0) is 10.5 Å². The first kappa shape index (κ1) is 21.9. The second-order valence-electron chi connectivity index (χ2n) is 7.80. The van der Waals surface area contributed by atoms with Crippen molar-refractivity contribution in [3.05, 3.63) is 82.9 Å². The molecular formula is C25H25N3O3S. The van der Waals surface area contributed by atoms with Crippen molar-refractivity contribution in [2.45, 2.75) is 32.4 Å². The van der Waals surface area contributed by atoms with Crippen molar-refractivity contribution in [2.75, 3.05) is 12.0 Å². The van der Waals surface area contributed by atoms with Gasteiger partial charge in [-0.3, -0.25) is 9.69 Å². The van der Waals surface area contributed by atoms with Crippen molar-refractivity contribution >= 4 is 34.6 Å². The summed E-state index contributed by atoms with van der Waals surface area (Å²) in [5, 5.41) is 4.63. The molecule has 2 aromatic carbocycles. The van der Waals surface area contributed by atoms with Crippen molar-refractivity contribution in [2.24, 2.45) is 4.99 Å². The number of hydrogen-bond donors (Lipinski definition) is 0. The lowest BCUT2D eigenvalue weighted by atomic mass is 10.0. The summed E-state index contributed by atoms with van der Waals surface area (Å²) in [5.74, 6) is 2.24. The molecule has 0 saturated carbocycles. The minimum atomic E-state index is -0.176. The van der Waals surface area contributed by atoms with Crippen molar-refractivity contribution in [3.8, 4) is 5.75 Å². The number of ether oxygens (including phenoxy) is 1. The maximum Gasteiger partial charge on any atom is 0.283 e. The number of amides is 1. The second kappa shape index (κ2) is 9.44. The fourth-order valence-electron chi connectivity index (χ4n) is 3.33. The Kier molecular flexibility index (Phi) is 6.46. The smallest absolute Gasteiger partial charge is 0.283 e. The summed E-state index contributed by atoms with van der Waals surface area (Å²) >= 11 is 1.44. The fourth-order valence-corrected chi connectivity index (χ4v) is 4.22. The molecule has 4 rings (SSSR count). The number of rotatable bonds is 6. The number of hydrogen-bond acceptors (Lipinski definition) is 6. The Hall–Kier alpha value is -3.32. The van der Waals surface area contributed by atoms with E-state index >= 15 is 0 Å². The molecule has 32 heavy (non-hydrogen) atoms. The van der Waals surface area contributed by atoms with Crippen LogP contribution in [0.2, 0.25) is 0 Å². The van der Waals surface area contributed by atoms with Crippen molar-refractivity contribution in [3.63, 3.8) is 0 Å². The number of thioether (sulfide) groups is 1. The molecule has 0 spiro atoms. The largest absolute Gasteiger partial charge is 0.497 e. The van der Waals surface area contributed by atoms with E-state index in [1.165, 1.54) is 17.3 Å². The van der Waals surface area contributed by atoms with Crippen LogP contribution in [0.5, 0.6) is 5.75 Å². The zero-order valence-corrected chi connectivity index (χ0v) is 19.3. The molecule has 1 aliphatic rings. The van der Waals surface area contributed by atoms with E-state index in [1.807, 2.05) is 55.5 Å². The highest BCUT2D eigenvalue weighted by atomic mass is 32.2. The van der Waals surface area contributed by atoms with Gasteiger partial charge in [-0.15, -0.1) is 0 Å². The number of amidine groups is 1. The molecule has 6 nitrogen and oxygen atoms in total. The topological polar surface area (TPSA) is 67.9 Å². The zero-order chi connectivity index (χ0) is 22.7. The lowest BCUT2D eigenvalue weighted by molar-refractivity contribution is -0.113. The molecule has 0 fully saturated rings. The number of anilines is 1. The third-order valence-corrected chi connectivity index (χ3v) is 6.05. The zero-order valence-electron chi connectivity index (χ0n) is 18.5. The van der Waals surface area contributed by atoms with E-state index in [1.54, 1.807) is 12.0 Å². The van der Waals surface area contributed by atoms with Gasteiger partial charge in [-0.1, -0.05) is 61.1 Å². The molecule has 7 heteroatoms. The van der Waals surface area contributed by atoms with Gasteiger partial charge in [0.2, 0.25) is 0 Å². The summed E-state index contributed by atoms with van der Waals surface area (Å²) in [6.07, 6.45) is 1.83. The molecule has 0 radical (unpaired) electrons. The third kappa shape index (κ3) is 4.78. The first-order valence-corrected chi connectivity index (χ1v) is 11.4.